The van der Waals surface area contributed by atoms with Crippen LogP contribution >= 0.6 is 0 Å². The number of aliphatic imine (C=N–C) groups is 1. The predicted octanol–water partition coefficient (Wildman–Crippen LogP) is 2.20. The van der Waals surface area contributed by atoms with Crippen LogP contribution in [0.1, 0.15) is 16.7 Å². The third kappa shape index (κ3) is 5.26. The molecule has 0 aliphatic heterocycles. The molecule has 2 aromatic carbocycles. The zero-order valence-electron chi connectivity index (χ0n) is 20.0. The summed E-state index contributed by atoms with van der Waals surface area (Å²) in [5, 5.41) is 10.7. The first-order valence-electron chi connectivity index (χ1n) is 10.8. The maximum absolute atomic E-state index is 12.7. The molecule has 0 fully saturated rings. The molecule has 190 valence electrons. The quantitative estimate of drug-likeness (QED) is 0.310. The fourth-order valence-corrected chi connectivity index (χ4v) is 4.35. The summed E-state index contributed by atoms with van der Waals surface area (Å²) in [5.74, 6) is -0.637. The molecule has 0 saturated carbocycles. The van der Waals surface area contributed by atoms with Gasteiger partial charge in [-0.1, -0.05) is 6.07 Å². The van der Waals surface area contributed by atoms with Gasteiger partial charge in [-0.05, 0) is 61.4 Å². The van der Waals surface area contributed by atoms with Gasteiger partial charge in [0.05, 0.1) is 23.4 Å². The molecule has 13 heteroatoms. The second-order valence-electron chi connectivity index (χ2n) is 7.87. The SMILES string of the molecule is COc1nccnc1NS(=O)(=O)c1ccc(N=Cc2c(O)n(-c3ccc(C)c(C)c3)c(=O)[nH]c2=O)cc1. The number of aromatic hydroxyl groups is 1. The molecule has 37 heavy (non-hydrogen) atoms. The number of aromatic nitrogens is 4. The Morgan fingerprint density at radius 2 is 1.76 bits per heavy atom. The number of hydrogen-bond donors (Lipinski definition) is 3. The lowest BCUT2D eigenvalue weighted by Gasteiger charge is -2.11. The number of rotatable bonds is 7. The van der Waals surface area contributed by atoms with E-state index in [1.54, 1.807) is 18.2 Å². The van der Waals surface area contributed by atoms with Crippen LogP contribution in [0.15, 0.2) is 74.3 Å². The molecule has 0 unspecified atom stereocenters. The van der Waals surface area contributed by atoms with Crippen LogP contribution < -0.4 is 20.7 Å². The molecule has 0 aliphatic carbocycles. The minimum Gasteiger partial charge on any atom is -0.493 e. The minimum atomic E-state index is -4.01. The van der Waals surface area contributed by atoms with Crippen molar-refractivity contribution in [1.82, 2.24) is 19.5 Å². The predicted molar refractivity (Wildman–Crippen MR) is 137 cm³/mol. The molecule has 0 amide bonds. The van der Waals surface area contributed by atoms with Crippen LogP contribution in [-0.4, -0.2) is 46.4 Å². The number of H-pyrrole nitrogens is 1. The van der Waals surface area contributed by atoms with Gasteiger partial charge in [0, 0.05) is 18.6 Å². The number of benzene rings is 2. The highest BCUT2D eigenvalue weighted by molar-refractivity contribution is 7.92. The highest BCUT2D eigenvalue weighted by atomic mass is 32.2. The number of nitrogens with one attached hydrogen (secondary N) is 2. The zero-order valence-corrected chi connectivity index (χ0v) is 20.8. The zero-order chi connectivity index (χ0) is 26.7. The van der Waals surface area contributed by atoms with Gasteiger partial charge in [-0.25, -0.2) is 27.7 Å². The van der Waals surface area contributed by atoms with Crippen LogP contribution in [0.25, 0.3) is 5.69 Å². The standard InChI is InChI=1S/C24H22N6O6S/c1-14-4-7-17(12-15(14)2)30-23(32)19(21(31)28-24(30)33)13-27-16-5-8-18(9-6-16)37(34,35)29-20-22(36-3)26-11-10-25-20/h4-13,32H,1-3H3,(H,25,29)(H,28,31,33). The van der Waals surface area contributed by atoms with Crippen molar-refractivity contribution in [2.75, 3.05) is 11.8 Å². The van der Waals surface area contributed by atoms with E-state index in [0.29, 0.717) is 11.4 Å². The summed E-state index contributed by atoms with van der Waals surface area (Å²) >= 11 is 0. The first-order chi connectivity index (χ1) is 17.6. The Morgan fingerprint density at radius 3 is 2.43 bits per heavy atom. The van der Waals surface area contributed by atoms with Crippen LogP contribution in [0.2, 0.25) is 0 Å². The average molecular weight is 523 g/mol. The van der Waals surface area contributed by atoms with Crippen molar-refractivity contribution in [3.8, 4) is 17.4 Å². The number of methoxy groups -OCH3 is 1. The van der Waals surface area contributed by atoms with Crippen LogP contribution in [0.5, 0.6) is 11.8 Å². The lowest BCUT2D eigenvalue weighted by atomic mass is 10.1. The Morgan fingerprint density at radius 1 is 1.05 bits per heavy atom. The maximum atomic E-state index is 12.7. The van der Waals surface area contributed by atoms with Crippen molar-refractivity contribution in [2.45, 2.75) is 18.7 Å². The van der Waals surface area contributed by atoms with E-state index < -0.39 is 27.2 Å². The monoisotopic (exact) mass is 522 g/mol. The van der Waals surface area contributed by atoms with Gasteiger partial charge in [0.1, 0.15) is 5.56 Å². The summed E-state index contributed by atoms with van der Waals surface area (Å²) in [6, 6.07) is 10.6. The number of hydrogen-bond acceptors (Lipinski definition) is 9. The molecular formula is C24H22N6O6S. The average Bonchev–Trinajstić information content (AvgIpc) is 2.86. The number of aromatic amines is 1. The molecule has 3 N–H and O–H groups in total. The Bertz CT molecular complexity index is 1730. The Labute approximate surface area is 211 Å². The van der Waals surface area contributed by atoms with Crippen LogP contribution in [0.4, 0.5) is 11.5 Å². The van der Waals surface area contributed by atoms with E-state index >= 15 is 0 Å². The van der Waals surface area contributed by atoms with E-state index in [1.807, 2.05) is 13.8 Å². The Balaban J connectivity index is 1.62. The van der Waals surface area contributed by atoms with E-state index in [4.69, 9.17) is 4.74 Å². The summed E-state index contributed by atoms with van der Waals surface area (Å²) < 4.78 is 33.7. The first-order valence-corrected chi connectivity index (χ1v) is 12.3. The Hall–Kier alpha value is -4.78. The summed E-state index contributed by atoms with van der Waals surface area (Å²) in [7, 11) is -2.67. The van der Waals surface area contributed by atoms with Crippen molar-refractivity contribution in [3.05, 3.63) is 92.4 Å². The van der Waals surface area contributed by atoms with Crippen molar-refractivity contribution in [1.29, 1.82) is 0 Å². The van der Waals surface area contributed by atoms with Gasteiger partial charge >= 0.3 is 5.69 Å². The van der Waals surface area contributed by atoms with Crippen LogP contribution in [-0.2, 0) is 10.0 Å². The molecule has 4 rings (SSSR count). The van der Waals surface area contributed by atoms with Crippen molar-refractivity contribution < 1.29 is 18.3 Å². The molecule has 0 saturated heterocycles. The number of nitrogens with zero attached hydrogens (tertiary/aromatic N) is 4. The summed E-state index contributed by atoms with van der Waals surface area (Å²) in [4.78, 5) is 38.8. The van der Waals surface area contributed by atoms with Crippen molar-refractivity contribution in [3.63, 3.8) is 0 Å². The highest BCUT2D eigenvalue weighted by Gasteiger charge is 2.18. The van der Waals surface area contributed by atoms with Crippen LogP contribution in [0.3, 0.4) is 0 Å². The third-order valence-corrected chi connectivity index (χ3v) is 6.80. The summed E-state index contributed by atoms with van der Waals surface area (Å²) in [5.41, 5.74) is 0.687. The molecule has 0 bridgehead atoms. The van der Waals surface area contributed by atoms with Gasteiger partial charge in [0.2, 0.25) is 11.7 Å². The molecule has 2 aromatic heterocycles. The van der Waals surface area contributed by atoms with E-state index in [9.17, 15) is 23.1 Å². The smallest absolute Gasteiger partial charge is 0.335 e. The molecule has 0 spiro atoms. The number of ether oxygens (including phenoxy) is 1. The summed E-state index contributed by atoms with van der Waals surface area (Å²) in [6.07, 6.45) is 3.77. The fraction of sp³-hybridized carbons (Fsp3) is 0.125. The molecular weight excluding hydrogens is 500 g/mol. The second kappa shape index (κ2) is 10.1. The summed E-state index contributed by atoms with van der Waals surface area (Å²) in [6.45, 7) is 3.77. The number of anilines is 1. The van der Waals surface area contributed by atoms with E-state index in [2.05, 4.69) is 24.7 Å². The van der Waals surface area contributed by atoms with Gasteiger partial charge in [-0.2, -0.15) is 0 Å². The normalized spacial score (nSPS) is 11.5. The van der Waals surface area contributed by atoms with Crippen molar-refractivity contribution in [2.24, 2.45) is 4.99 Å². The van der Waals surface area contributed by atoms with Gasteiger partial charge < -0.3 is 9.84 Å². The lowest BCUT2D eigenvalue weighted by molar-refractivity contribution is 0.398. The van der Waals surface area contributed by atoms with Gasteiger partial charge in [0.25, 0.3) is 21.5 Å². The molecule has 2 heterocycles. The third-order valence-electron chi connectivity index (χ3n) is 5.45. The first kappa shape index (κ1) is 25.3. The highest BCUT2D eigenvalue weighted by Crippen LogP contribution is 2.23. The van der Waals surface area contributed by atoms with Gasteiger partial charge in [0.15, 0.2) is 0 Å². The molecule has 0 atom stereocenters. The molecule has 4 aromatic rings. The van der Waals surface area contributed by atoms with Gasteiger partial charge in [-0.15, -0.1) is 0 Å². The van der Waals surface area contributed by atoms with Crippen molar-refractivity contribution >= 4 is 27.7 Å². The topological polar surface area (TPSA) is 169 Å². The maximum Gasteiger partial charge on any atom is 0.335 e. The minimum absolute atomic E-state index is 0.0134. The van der Waals surface area contributed by atoms with E-state index in [-0.39, 0.29) is 22.2 Å². The largest absolute Gasteiger partial charge is 0.493 e. The lowest BCUT2D eigenvalue weighted by Crippen LogP contribution is -2.31. The number of aryl methyl sites for hydroxylation is 2. The van der Waals surface area contributed by atoms with Crippen LogP contribution in [0, 0.1) is 13.8 Å². The number of sulfonamides is 1. The van der Waals surface area contributed by atoms with E-state index in [0.717, 1.165) is 21.9 Å². The second-order valence-corrected chi connectivity index (χ2v) is 9.55. The Kier molecular flexibility index (Phi) is 6.89. The molecule has 0 radical (unpaired) electrons. The molecule has 12 nitrogen and oxygen atoms in total. The molecule has 0 aliphatic rings. The van der Waals surface area contributed by atoms with Gasteiger partial charge in [-0.3, -0.25) is 19.5 Å². The van der Waals surface area contributed by atoms with E-state index in [1.165, 1.54) is 43.8 Å². The fourth-order valence-electron chi connectivity index (χ4n) is 3.34.